The standard InChI is InChI=1S/C20H25N3O/c1-14(2)15-3-5-16(6-4-15)18-7-8-20(22-21-18)24-19-13-23-11-9-17(19)10-12-23/h3-8,14,17,19H,9-13H2,1-2H3/t19-/m0/s1. The quantitative estimate of drug-likeness (QED) is 0.859. The molecule has 3 saturated heterocycles. The SMILES string of the molecule is CC(C)c1ccc(-c2ccc(O[C@H]3CN4CCC3CC4)nn2)cc1. The van der Waals surface area contributed by atoms with E-state index in [4.69, 9.17) is 4.74 Å². The summed E-state index contributed by atoms with van der Waals surface area (Å²) in [6, 6.07) is 12.5. The Bertz CT molecular complexity index is 673. The number of fused-ring (bicyclic) bond motifs is 3. The molecule has 4 heteroatoms. The van der Waals surface area contributed by atoms with Crippen LogP contribution in [0, 0.1) is 5.92 Å². The highest BCUT2D eigenvalue weighted by Gasteiger charge is 2.35. The Labute approximate surface area is 143 Å². The van der Waals surface area contributed by atoms with Crippen LogP contribution in [0.1, 0.15) is 38.2 Å². The van der Waals surface area contributed by atoms with Gasteiger partial charge in [0, 0.05) is 18.2 Å². The fourth-order valence-corrected chi connectivity index (χ4v) is 3.78. The maximum absolute atomic E-state index is 6.12. The largest absolute Gasteiger partial charge is 0.472 e. The highest BCUT2D eigenvalue weighted by Crippen LogP contribution is 2.30. The topological polar surface area (TPSA) is 38.2 Å². The highest BCUT2D eigenvalue weighted by molar-refractivity contribution is 5.59. The zero-order valence-corrected chi connectivity index (χ0v) is 14.5. The molecular weight excluding hydrogens is 298 g/mol. The fraction of sp³-hybridized carbons (Fsp3) is 0.500. The second-order valence-electron chi connectivity index (χ2n) is 7.33. The van der Waals surface area contributed by atoms with Gasteiger partial charge < -0.3 is 4.74 Å². The molecule has 3 aliphatic rings. The van der Waals surface area contributed by atoms with Crippen molar-refractivity contribution in [3.8, 4) is 17.1 Å². The second-order valence-corrected chi connectivity index (χ2v) is 7.33. The van der Waals surface area contributed by atoms with Crippen molar-refractivity contribution in [2.24, 2.45) is 5.92 Å². The predicted octanol–water partition coefficient (Wildman–Crippen LogP) is 3.74. The molecule has 0 saturated carbocycles. The first-order valence-corrected chi connectivity index (χ1v) is 9.02. The first-order valence-electron chi connectivity index (χ1n) is 9.02. The van der Waals surface area contributed by atoms with Crippen molar-refractivity contribution in [1.82, 2.24) is 15.1 Å². The summed E-state index contributed by atoms with van der Waals surface area (Å²) in [6.07, 6.45) is 2.77. The average molecular weight is 323 g/mol. The maximum Gasteiger partial charge on any atom is 0.233 e. The van der Waals surface area contributed by atoms with Crippen molar-refractivity contribution in [1.29, 1.82) is 0 Å². The van der Waals surface area contributed by atoms with E-state index in [1.54, 1.807) is 0 Å². The van der Waals surface area contributed by atoms with E-state index >= 15 is 0 Å². The molecule has 1 atom stereocenters. The normalized spacial score (nSPS) is 25.9. The first kappa shape index (κ1) is 15.6. The summed E-state index contributed by atoms with van der Waals surface area (Å²) in [5.74, 6) is 1.87. The van der Waals surface area contributed by atoms with Gasteiger partial charge in [0.15, 0.2) is 0 Å². The molecule has 0 aliphatic carbocycles. The van der Waals surface area contributed by atoms with Crippen LogP contribution >= 0.6 is 0 Å². The minimum Gasteiger partial charge on any atom is -0.472 e. The molecule has 1 aromatic heterocycles. The summed E-state index contributed by atoms with van der Waals surface area (Å²) in [5, 5.41) is 8.66. The van der Waals surface area contributed by atoms with Gasteiger partial charge in [-0.3, -0.25) is 4.90 Å². The highest BCUT2D eigenvalue weighted by atomic mass is 16.5. The number of nitrogens with zero attached hydrogens (tertiary/aromatic N) is 3. The number of ether oxygens (including phenoxy) is 1. The van der Waals surface area contributed by atoms with E-state index in [2.05, 4.69) is 53.2 Å². The molecule has 0 unspecified atom stereocenters. The van der Waals surface area contributed by atoms with Gasteiger partial charge in [0.1, 0.15) is 6.10 Å². The van der Waals surface area contributed by atoms with Gasteiger partial charge in [-0.15, -0.1) is 10.2 Å². The Morgan fingerprint density at radius 2 is 1.75 bits per heavy atom. The molecule has 0 N–H and O–H groups in total. The molecule has 4 heterocycles. The smallest absolute Gasteiger partial charge is 0.233 e. The van der Waals surface area contributed by atoms with Gasteiger partial charge in [0.05, 0.1) is 5.69 Å². The lowest BCUT2D eigenvalue weighted by molar-refractivity contribution is -0.0103. The monoisotopic (exact) mass is 323 g/mol. The van der Waals surface area contributed by atoms with Crippen LogP contribution in [0.5, 0.6) is 5.88 Å². The number of hydrogen-bond donors (Lipinski definition) is 0. The second kappa shape index (κ2) is 6.52. The summed E-state index contributed by atoms with van der Waals surface area (Å²) in [7, 11) is 0. The van der Waals surface area contributed by atoms with E-state index < -0.39 is 0 Å². The van der Waals surface area contributed by atoms with Crippen LogP contribution in [-0.2, 0) is 0 Å². The van der Waals surface area contributed by atoms with Crippen LogP contribution in [0.2, 0.25) is 0 Å². The van der Waals surface area contributed by atoms with Crippen molar-refractivity contribution in [2.45, 2.75) is 38.7 Å². The van der Waals surface area contributed by atoms with Crippen LogP contribution in [0.3, 0.4) is 0 Å². The van der Waals surface area contributed by atoms with Crippen molar-refractivity contribution < 1.29 is 4.74 Å². The molecule has 1 aromatic carbocycles. The van der Waals surface area contributed by atoms with Crippen molar-refractivity contribution >= 4 is 0 Å². The number of hydrogen-bond acceptors (Lipinski definition) is 4. The van der Waals surface area contributed by atoms with Gasteiger partial charge in [-0.05, 0) is 49.4 Å². The van der Waals surface area contributed by atoms with E-state index in [0.717, 1.165) is 17.8 Å². The third-order valence-electron chi connectivity index (χ3n) is 5.38. The molecular formula is C20H25N3O. The Hall–Kier alpha value is -1.94. The van der Waals surface area contributed by atoms with Gasteiger partial charge in [0.2, 0.25) is 5.88 Å². The van der Waals surface area contributed by atoms with E-state index in [1.807, 2.05) is 12.1 Å². The fourth-order valence-electron chi connectivity index (χ4n) is 3.78. The maximum atomic E-state index is 6.12. The van der Waals surface area contributed by atoms with Gasteiger partial charge >= 0.3 is 0 Å². The van der Waals surface area contributed by atoms with E-state index in [9.17, 15) is 0 Å². The summed E-state index contributed by atoms with van der Waals surface area (Å²) < 4.78 is 6.12. The van der Waals surface area contributed by atoms with Crippen molar-refractivity contribution in [2.75, 3.05) is 19.6 Å². The Kier molecular flexibility index (Phi) is 4.23. The molecule has 4 nitrogen and oxygen atoms in total. The van der Waals surface area contributed by atoms with Gasteiger partial charge in [-0.1, -0.05) is 38.1 Å². The lowest BCUT2D eigenvalue weighted by Crippen LogP contribution is -2.52. The summed E-state index contributed by atoms with van der Waals surface area (Å²) in [5.41, 5.74) is 3.34. The van der Waals surface area contributed by atoms with Gasteiger partial charge in [-0.2, -0.15) is 0 Å². The molecule has 0 radical (unpaired) electrons. The summed E-state index contributed by atoms with van der Waals surface area (Å²) in [4.78, 5) is 2.49. The van der Waals surface area contributed by atoms with Gasteiger partial charge in [0.25, 0.3) is 0 Å². The first-order chi connectivity index (χ1) is 11.7. The molecule has 2 bridgehead atoms. The number of piperidine rings is 3. The minimum atomic E-state index is 0.276. The Balaban J connectivity index is 1.44. The van der Waals surface area contributed by atoms with E-state index in [0.29, 0.717) is 17.7 Å². The van der Waals surface area contributed by atoms with Crippen LogP contribution in [0.4, 0.5) is 0 Å². The third-order valence-corrected chi connectivity index (χ3v) is 5.38. The van der Waals surface area contributed by atoms with Crippen LogP contribution < -0.4 is 4.74 Å². The van der Waals surface area contributed by atoms with Crippen LogP contribution in [0.25, 0.3) is 11.3 Å². The van der Waals surface area contributed by atoms with Gasteiger partial charge in [-0.25, -0.2) is 0 Å². The minimum absolute atomic E-state index is 0.276. The average Bonchev–Trinajstić information content (AvgIpc) is 2.63. The number of aromatic nitrogens is 2. The Morgan fingerprint density at radius 3 is 2.29 bits per heavy atom. The molecule has 0 amide bonds. The molecule has 5 rings (SSSR count). The lowest BCUT2D eigenvalue weighted by atomic mass is 9.86. The summed E-state index contributed by atoms with van der Waals surface area (Å²) in [6.45, 7) is 7.89. The third kappa shape index (κ3) is 3.16. The number of benzene rings is 1. The zero-order valence-electron chi connectivity index (χ0n) is 14.5. The predicted molar refractivity (Wildman–Crippen MR) is 95.1 cm³/mol. The molecule has 3 aliphatic heterocycles. The van der Waals surface area contributed by atoms with Crippen LogP contribution in [-0.4, -0.2) is 40.8 Å². The van der Waals surface area contributed by atoms with E-state index in [1.165, 1.54) is 31.5 Å². The Morgan fingerprint density at radius 1 is 1.00 bits per heavy atom. The molecule has 0 spiro atoms. The molecule has 3 fully saturated rings. The van der Waals surface area contributed by atoms with E-state index in [-0.39, 0.29) is 6.10 Å². The summed E-state index contributed by atoms with van der Waals surface area (Å²) >= 11 is 0. The van der Waals surface area contributed by atoms with Crippen molar-refractivity contribution in [3.05, 3.63) is 42.0 Å². The lowest BCUT2D eigenvalue weighted by Gasteiger charge is -2.44. The van der Waals surface area contributed by atoms with Crippen LogP contribution in [0.15, 0.2) is 36.4 Å². The molecule has 24 heavy (non-hydrogen) atoms. The molecule has 2 aromatic rings. The number of rotatable bonds is 4. The zero-order chi connectivity index (χ0) is 16.5. The van der Waals surface area contributed by atoms with Crippen molar-refractivity contribution in [3.63, 3.8) is 0 Å². The molecule has 126 valence electrons.